The third-order valence-electron chi connectivity index (χ3n) is 3.58. The van der Waals surface area contributed by atoms with Gasteiger partial charge in [-0.3, -0.25) is 25.8 Å². The lowest BCUT2D eigenvalue weighted by atomic mass is 10.2. The summed E-state index contributed by atoms with van der Waals surface area (Å²) in [7, 11) is 0. The number of hydrogen-bond donors (Lipinski definition) is 3. The molecule has 0 bridgehead atoms. The van der Waals surface area contributed by atoms with Gasteiger partial charge in [0, 0.05) is 11.8 Å². The summed E-state index contributed by atoms with van der Waals surface area (Å²) in [6.07, 6.45) is 2.70. The Balaban J connectivity index is 1.84. The summed E-state index contributed by atoms with van der Waals surface area (Å²) in [5.74, 6) is -0.235. The zero-order valence-electron chi connectivity index (χ0n) is 14.2. The Labute approximate surface area is 153 Å². The van der Waals surface area contributed by atoms with Crippen molar-refractivity contribution in [1.82, 2.24) is 20.4 Å². The summed E-state index contributed by atoms with van der Waals surface area (Å²) < 4.78 is 0. The first-order valence-corrected chi connectivity index (χ1v) is 7.85. The lowest BCUT2D eigenvalue weighted by Crippen LogP contribution is -2.30. The summed E-state index contributed by atoms with van der Waals surface area (Å²) >= 11 is 0. The molecule has 1 aromatic carbocycles. The van der Waals surface area contributed by atoms with Gasteiger partial charge in [-0.15, -0.1) is 0 Å². The van der Waals surface area contributed by atoms with Gasteiger partial charge in [0.25, 0.3) is 5.91 Å². The van der Waals surface area contributed by atoms with Gasteiger partial charge in [-0.25, -0.2) is 15.0 Å². The fourth-order valence-corrected chi connectivity index (χ4v) is 2.24. The number of nitrogens with zero attached hydrogens (tertiary/aromatic N) is 4. The standard InChI is InChI=1S/C17H15N7O3/c1-11-6-5-9-18-14(11)21-15-13(24(26)27)16(20-10-19-15)22-23-17(25)12-7-3-2-4-8-12/h2-10H,1H3,(H,23,25)(H2,18,19,20,21,22). The van der Waals surface area contributed by atoms with Crippen molar-refractivity contribution in [2.24, 2.45) is 0 Å². The van der Waals surface area contributed by atoms with Crippen LogP contribution in [0.25, 0.3) is 0 Å². The zero-order valence-corrected chi connectivity index (χ0v) is 14.2. The van der Waals surface area contributed by atoms with Crippen molar-refractivity contribution in [3.05, 3.63) is 76.2 Å². The van der Waals surface area contributed by atoms with Gasteiger partial charge in [0.05, 0.1) is 4.92 Å². The highest BCUT2D eigenvalue weighted by atomic mass is 16.6. The predicted molar refractivity (Wildman–Crippen MR) is 98.5 cm³/mol. The smallest absolute Gasteiger partial charge is 0.319 e. The summed E-state index contributed by atoms with van der Waals surface area (Å²) in [4.78, 5) is 34.9. The number of nitro groups is 1. The van der Waals surface area contributed by atoms with Crippen molar-refractivity contribution >= 4 is 29.0 Å². The number of carbonyl (C=O) groups is 1. The quantitative estimate of drug-likeness (QED) is 0.448. The molecule has 0 radical (unpaired) electrons. The van der Waals surface area contributed by atoms with Gasteiger partial charge in [0.2, 0.25) is 11.6 Å². The molecule has 10 nitrogen and oxygen atoms in total. The molecular formula is C17H15N7O3. The maximum atomic E-state index is 12.1. The highest BCUT2D eigenvalue weighted by Crippen LogP contribution is 2.30. The highest BCUT2D eigenvalue weighted by Gasteiger charge is 2.24. The number of rotatable bonds is 6. The van der Waals surface area contributed by atoms with E-state index in [0.29, 0.717) is 11.4 Å². The van der Waals surface area contributed by atoms with E-state index in [4.69, 9.17) is 0 Å². The monoisotopic (exact) mass is 365 g/mol. The largest absolute Gasteiger partial charge is 0.355 e. The molecule has 0 spiro atoms. The molecule has 0 aliphatic carbocycles. The number of hydrazine groups is 1. The average Bonchev–Trinajstić information content (AvgIpc) is 2.68. The second kappa shape index (κ2) is 7.87. The van der Waals surface area contributed by atoms with Gasteiger partial charge in [0.1, 0.15) is 12.1 Å². The molecule has 3 N–H and O–H groups in total. The van der Waals surface area contributed by atoms with Crippen molar-refractivity contribution in [3.8, 4) is 0 Å². The van der Waals surface area contributed by atoms with Crippen LogP contribution in [0.15, 0.2) is 55.0 Å². The van der Waals surface area contributed by atoms with Crippen LogP contribution in [-0.4, -0.2) is 25.8 Å². The fourth-order valence-electron chi connectivity index (χ4n) is 2.24. The molecule has 27 heavy (non-hydrogen) atoms. The summed E-state index contributed by atoms with van der Waals surface area (Å²) in [5, 5.41) is 14.4. The summed E-state index contributed by atoms with van der Waals surface area (Å²) in [5.41, 5.74) is 5.63. The Morgan fingerprint density at radius 2 is 1.74 bits per heavy atom. The van der Waals surface area contributed by atoms with E-state index in [-0.39, 0.29) is 11.6 Å². The molecule has 2 heterocycles. The maximum absolute atomic E-state index is 12.1. The lowest BCUT2D eigenvalue weighted by Gasteiger charge is -2.11. The number of aryl methyl sites for hydroxylation is 1. The normalized spacial score (nSPS) is 10.1. The van der Waals surface area contributed by atoms with E-state index in [1.807, 2.05) is 13.0 Å². The predicted octanol–water partition coefficient (Wildman–Crippen LogP) is 2.59. The molecule has 0 fully saturated rings. The van der Waals surface area contributed by atoms with E-state index < -0.39 is 16.5 Å². The van der Waals surface area contributed by atoms with Gasteiger partial charge in [-0.2, -0.15) is 0 Å². The van der Waals surface area contributed by atoms with Crippen molar-refractivity contribution in [3.63, 3.8) is 0 Å². The third-order valence-corrected chi connectivity index (χ3v) is 3.58. The Morgan fingerprint density at radius 1 is 1.00 bits per heavy atom. The number of anilines is 3. The van der Waals surface area contributed by atoms with Gasteiger partial charge < -0.3 is 5.32 Å². The molecule has 0 unspecified atom stereocenters. The Bertz CT molecular complexity index is 979. The van der Waals surface area contributed by atoms with Crippen LogP contribution in [-0.2, 0) is 0 Å². The highest BCUT2D eigenvalue weighted by molar-refractivity contribution is 5.95. The van der Waals surface area contributed by atoms with Crippen LogP contribution in [0.1, 0.15) is 15.9 Å². The Kier molecular flexibility index (Phi) is 5.17. The average molecular weight is 365 g/mol. The van der Waals surface area contributed by atoms with Crippen LogP contribution >= 0.6 is 0 Å². The first-order chi connectivity index (χ1) is 13.1. The maximum Gasteiger partial charge on any atom is 0.355 e. The van der Waals surface area contributed by atoms with E-state index in [0.717, 1.165) is 11.9 Å². The number of nitrogens with one attached hydrogen (secondary N) is 3. The Hall–Kier alpha value is -4.08. The van der Waals surface area contributed by atoms with Crippen LogP contribution in [0.2, 0.25) is 0 Å². The molecule has 0 aliphatic heterocycles. The number of pyridine rings is 1. The minimum atomic E-state index is -0.641. The molecule has 0 atom stereocenters. The van der Waals surface area contributed by atoms with Crippen molar-refractivity contribution in [2.45, 2.75) is 6.92 Å². The summed E-state index contributed by atoms with van der Waals surface area (Å²) in [6, 6.07) is 12.0. The minimum absolute atomic E-state index is 0.0479. The van der Waals surface area contributed by atoms with Crippen LogP contribution in [0.3, 0.4) is 0 Å². The van der Waals surface area contributed by atoms with Gasteiger partial charge >= 0.3 is 5.69 Å². The molecule has 0 aliphatic rings. The molecular weight excluding hydrogens is 350 g/mol. The fraction of sp³-hybridized carbons (Fsp3) is 0.0588. The molecule has 3 aromatic rings. The van der Waals surface area contributed by atoms with Crippen LogP contribution in [0, 0.1) is 17.0 Å². The van der Waals surface area contributed by atoms with Crippen LogP contribution < -0.4 is 16.2 Å². The first-order valence-electron chi connectivity index (χ1n) is 7.85. The molecule has 1 amide bonds. The molecule has 0 saturated heterocycles. The molecule has 2 aromatic heterocycles. The van der Waals surface area contributed by atoms with E-state index in [1.54, 1.807) is 42.6 Å². The number of carbonyl (C=O) groups excluding carboxylic acids is 1. The van der Waals surface area contributed by atoms with E-state index in [1.165, 1.54) is 0 Å². The molecule has 136 valence electrons. The van der Waals surface area contributed by atoms with Crippen molar-refractivity contribution in [2.75, 3.05) is 10.7 Å². The lowest BCUT2D eigenvalue weighted by molar-refractivity contribution is -0.383. The molecule has 10 heteroatoms. The third kappa shape index (κ3) is 4.12. The van der Waals surface area contributed by atoms with Crippen LogP contribution in [0.4, 0.5) is 23.1 Å². The van der Waals surface area contributed by atoms with Crippen molar-refractivity contribution in [1.29, 1.82) is 0 Å². The summed E-state index contributed by atoms with van der Waals surface area (Å²) in [6.45, 7) is 1.81. The molecule has 0 saturated carbocycles. The second-order valence-electron chi connectivity index (χ2n) is 5.42. The van der Waals surface area contributed by atoms with Crippen LogP contribution in [0.5, 0.6) is 0 Å². The topological polar surface area (TPSA) is 135 Å². The number of benzene rings is 1. The Morgan fingerprint density at radius 3 is 2.44 bits per heavy atom. The number of amides is 1. The number of hydrogen-bond acceptors (Lipinski definition) is 8. The van der Waals surface area contributed by atoms with E-state index in [2.05, 4.69) is 31.1 Å². The zero-order chi connectivity index (χ0) is 19.2. The van der Waals surface area contributed by atoms with E-state index >= 15 is 0 Å². The van der Waals surface area contributed by atoms with Gasteiger partial charge in [-0.1, -0.05) is 24.3 Å². The molecule has 3 rings (SSSR count). The van der Waals surface area contributed by atoms with E-state index in [9.17, 15) is 14.9 Å². The second-order valence-corrected chi connectivity index (χ2v) is 5.42. The van der Waals surface area contributed by atoms with Gasteiger partial charge in [0.15, 0.2) is 0 Å². The van der Waals surface area contributed by atoms with Gasteiger partial charge in [-0.05, 0) is 30.7 Å². The first kappa shape index (κ1) is 17.7. The minimum Gasteiger partial charge on any atom is -0.319 e. The number of aromatic nitrogens is 3. The SMILES string of the molecule is Cc1cccnc1Nc1ncnc(NNC(=O)c2ccccc2)c1[N+](=O)[O-]. The van der Waals surface area contributed by atoms with Crippen molar-refractivity contribution < 1.29 is 9.72 Å².